The standard InChI is InChI=1S/C7H8BrClOS/c8-7-2-1-6(10-7)5-11-4-3-9/h1-2H,3-5H2. The second-order valence-electron chi connectivity index (χ2n) is 1.95. The summed E-state index contributed by atoms with van der Waals surface area (Å²) in [6, 6.07) is 3.86. The summed E-state index contributed by atoms with van der Waals surface area (Å²) < 4.78 is 6.07. The van der Waals surface area contributed by atoms with E-state index in [2.05, 4.69) is 15.9 Å². The van der Waals surface area contributed by atoms with E-state index in [1.54, 1.807) is 11.8 Å². The van der Waals surface area contributed by atoms with Crippen LogP contribution in [0.1, 0.15) is 5.76 Å². The Bertz CT molecular complexity index is 214. The van der Waals surface area contributed by atoms with Gasteiger partial charge in [-0.1, -0.05) is 0 Å². The minimum atomic E-state index is 0.701. The zero-order valence-corrected chi connectivity index (χ0v) is 9.01. The molecule has 0 aliphatic rings. The fourth-order valence-corrected chi connectivity index (χ4v) is 1.93. The van der Waals surface area contributed by atoms with E-state index in [1.165, 1.54) is 0 Å². The molecule has 0 saturated carbocycles. The van der Waals surface area contributed by atoms with E-state index < -0.39 is 0 Å². The Balaban J connectivity index is 2.27. The van der Waals surface area contributed by atoms with E-state index in [0.717, 1.165) is 21.9 Å². The topological polar surface area (TPSA) is 13.1 Å². The lowest BCUT2D eigenvalue weighted by atomic mass is 10.5. The van der Waals surface area contributed by atoms with Gasteiger partial charge in [0.1, 0.15) is 5.76 Å². The molecule has 1 rings (SSSR count). The van der Waals surface area contributed by atoms with Crippen LogP contribution >= 0.6 is 39.3 Å². The Morgan fingerprint density at radius 3 is 2.91 bits per heavy atom. The number of alkyl halides is 1. The lowest BCUT2D eigenvalue weighted by Gasteiger charge is -1.93. The van der Waals surface area contributed by atoms with Crippen LogP contribution in [0.2, 0.25) is 0 Å². The summed E-state index contributed by atoms with van der Waals surface area (Å²) in [6.45, 7) is 0. The molecule has 0 bridgehead atoms. The molecule has 1 aromatic heterocycles. The summed E-state index contributed by atoms with van der Waals surface area (Å²) in [5, 5.41) is 0. The molecule has 0 spiro atoms. The molecule has 1 aromatic rings. The molecule has 0 aromatic carbocycles. The molecule has 0 radical (unpaired) electrons. The summed E-state index contributed by atoms with van der Waals surface area (Å²) in [5.41, 5.74) is 0. The van der Waals surface area contributed by atoms with E-state index in [9.17, 15) is 0 Å². The normalized spacial score (nSPS) is 10.4. The molecule has 0 saturated heterocycles. The molecule has 1 heterocycles. The van der Waals surface area contributed by atoms with Crippen molar-refractivity contribution < 1.29 is 4.42 Å². The summed E-state index contributed by atoms with van der Waals surface area (Å²) in [7, 11) is 0. The van der Waals surface area contributed by atoms with Crippen LogP contribution in [0.4, 0.5) is 0 Å². The molecule has 0 N–H and O–H groups in total. The molecule has 0 amide bonds. The first-order valence-electron chi connectivity index (χ1n) is 3.21. The van der Waals surface area contributed by atoms with Crippen LogP contribution in [0, 0.1) is 0 Å². The molecule has 0 atom stereocenters. The van der Waals surface area contributed by atoms with Crippen LogP contribution in [0.15, 0.2) is 21.2 Å². The van der Waals surface area contributed by atoms with Crippen molar-refractivity contribution in [1.82, 2.24) is 0 Å². The predicted octanol–water partition coefficient (Wildman–Crippen LogP) is 3.51. The van der Waals surface area contributed by atoms with Crippen LogP contribution in [0.25, 0.3) is 0 Å². The van der Waals surface area contributed by atoms with Gasteiger partial charge in [-0.15, -0.1) is 11.6 Å². The SMILES string of the molecule is ClCCSCc1ccc(Br)o1. The van der Waals surface area contributed by atoms with Crippen LogP contribution in [0.3, 0.4) is 0 Å². The van der Waals surface area contributed by atoms with Crippen LogP contribution in [-0.2, 0) is 5.75 Å². The van der Waals surface area contributed by atoms with Gasteiger partial charge >= 0.3 is 0 Å². The summed E-state index contributed by atoms with van der Waals surface area (Å²) in [5.74, 6) is 3.57. The third kappa shape index (κ3) is 3.54. The van der Waals surface area contributed by atoms with Crippen molar-refractivity contribution >= 4 is 39.3 Å². The van der Waals surface area contributed by atoms with E-state index in [4.69, 9.17) is 16.0 Å². The fourth-order valence-electron chi connectivity index (χ4n) is 0.657. The van der Waals surface area contributed by atoms with E-state index in [1.807, 2.05) is 12.1 Å². The van der Waals surface area contributed by atoms with Crippen LogP contribution < -0.4 is 0 Å². The molecule has 0 unspecified atom stereocenters. The van der Waals surface area contributed by atoms with Gasteiger partial charge in [-0.25, -0.2) is 0 Å². The Morgan fingerprint density at radius 2 is 2.36 bits per heavy atom. The van der Waals surface area contributed by atoms with Gasteiger partial charge in [0.2, 0.25) is 0 Å². The Morgan fingerprint density at radius 1 is 1.55 bits per heavy atom. The quantitative estimate of drug-likeness (QED) is 0.603. The van der Waals surface area contributed by atoms with Gasteiger partial charge in [-0.3, -0.25) is 0 Å². The van der Waals surface area contributed by atoms with Gasteiger partial charge in [0, 0.05) is 11.6 Å². The molecular formula is C7H8BrClOS. The van der Waals surface area contributed by atoms with Gasteiger partial charge in [0.15, 0.2) is 4.67 Å². The molecule has 62 valence electrons. The van der Waals surface area contributed by atoms with Crippen molar-refractivity contribution in [3.05, 3.63) is 22.6 Å². The Hall–Kier alpha value is 0.400. The minimum absolute atomic E-state index is 0.701. The summed E-state index contributed by atoms with van der Waals surface area (Å²) >= 11 is 10.5. The smallest absolute Gasteiger partial charge is 0.169 e. The molecule has 1 nitrogen and oxygen atoms in total. The Labute approximate surface area is 83.6 Å². The maximum Gasteiger partial charge on any atom is 0.169 e. The number of rotatable bonds is 4. The van der Waals surface area contributed by atoms with Crippen molar-refractivity contribution in [1.29, 1.82) is 0 Å². The predicted molar refractivity (Wildman–Crippen MR) is 53.3 cm³/mol. The van der Waals surface area contributed by atoms with Gasteiger partial charge < -0.3 is 4.42 Å². The van der Waals surface area contributed by atoms with Gasteiger partial charge in [0.25, 0.3) is 0 Å². The number of halogens is 2. The number of hydrogen-bond donors (Lipinski definition) is 0. The van der Waals surface area contributed by atoms with E-state index in [-0.39, 0.29) is 0 Å². The third-order valence-corrected chi connectivity index (χ3v) is 2.92. The summed E-state index contributed by atoms with van der Waals surface area (Å²) in [6.07, 6.45) is 0. The van der Waals surface area contributed by atoms with Crippen molar-refractivity contribution in [2.75, 3.05) is 11.6 Å². The Kier molecular flexibility index (Phi) is 4.41. The maximum absolute atomic E-state index is 5.51. The molecule has 0 fully saturated rings. The van der Waals surface area contributed by atoms with Crippen molar-refractivity contribution in [3.8, 4) is 0 Å². The third-order valence-electron chi connectivity index (χ3n) is 1.09. The highest BCUT2D eigenvalue weighted by molar-refractivity contribution is 9.10. The average Bonchev–Trinajstić information content (AvgIpc) is 2.37. The second-order valence-corrected chi connectivity index (χ2v) is 4.21. The summed E-state index contributed by atoms with van der Waals surface area (Å²) in [4.78, 5) is 0. The average molecular weight is 256 g/mol. The second kappa shape index (κ2) is 5.12. The van der Waals surface area contributed by atoms with Crippen molar-refractivity contribution in [2.45, 2.75) is 5.75 Å². The zero-order valence-electron chi connectivity index (χ0n) is 5.85. The van der Waals surface area contributed by atoms with Gasteiger partial charge in [0.05, 0.1) is 5.75 Å². The highest BCUT2D eigenvalue weighted by atomic mass is 79.9. The number of thioether (sulfide) groups is 1. The van der Waals surface area contributed by atoms with Crippen LogP contribution in [-0.4, -0.2) is 11.6 Å². The highest BCUT2D eigenvalue weighted by Crippen LogP contribution is 2.18. The largest absolute Gasteiger partial charge is 0.453 e. The van der Waals surface area contributed by atoms with E-state index >= 15 is 0 Å². The van der Waals surface area contributed by atoms with Gasteiger partial charge in [-0.05, 0) is 28.1 Å². The fraction of sp³-hybridized carbons (Fsp3) is 0.429. The first kappa shape index (κ1) is 9.49. The van der Waals surface area contributed by atoms with E-state index in [0.29, 0.717) is 5.88 Å². The first-order valence-corrected chi connectivity index (χ1v) is 5.69. The molecular weight excluding hydrogens is 247 g/mol. The number of furan rings is 1. The molecule has 11 heavy (non-hydrogen) atoms. The van der Waals surface area contributed by atoms with Crippen LogP contribution in [0.5, 0.6) is 0 Å². The van der Waals surface area contributed by atoms with Crippen molar-refractivity contribution in [3.63, 3.8) is 0 Å². The minimum Gasteiger partial charge on any atom is -0.453 e. The lowest BCUT2D eigenvalue weighted by Crippen LogP contribution is -1.80. The van der Waals surface area contributed by atoms with Crippen molar-refractivity contribution in [2.24, 2.45) is 0 Å². The molecule has 0 aliphatic heterocycles. The zero-order chi connectivity index (χ0) is 8.10. The molecule has 0 aliphatic carbocycles. The van der Waals surface area contributed by atoms with Gasteiger partial charge in [-0.2, -0.15) is 11.8 Å². The lowest BCUT2D eigenvalue weighted by molar-refractivity contribution is 0.507. The number of hydrogen-bond acceptors (Lipinski definition) is 2. The maximum atomic E-state index is 5.51. The highest BCUT2D eigenvalue weighted by Gasteiger charge is 1.97. The molecule has 4 heteroatoms. The monoisotopic (exact) mass is 254 g/mol. The first-order chi connectivity index (χ1) is 5.33.